The van der Waals surface area contributed by atoms with Crippen molar-refractivity contribution in [2.24, 2.45) is 5.73 Å². The molecule has 0 saturated carbocycles. The topological polar surface area (TPSA) is 72.6 Å². The Morgan fingerprint density at radius 3 is 2.59 bits per heavy atom. The van der Waals surface area contributed by atoms with E-state index in [2.05, 4.69) is 0 Å². The Kier molecular flexibility index (Phi) is 5.66. The lowest BCUT2D eigenvalue weighted by Crippen LogP contribution is -2.38. The van der Waals surface area contributed by atoms with E-state index in [-0.39, 0.29) is 30.3 Å². The molecule has 0 bridgehead atoms. The summed E-state index contributed by atoms with van der Waals surface area (Å²) in [5.41, 5.74) is 5.72. The van der Waals surface area contributed by atoms with Gasteiger partial charge in [-0.05, 0) is 25.7 Å². The zero-order valence-corrected chi connectivity index (χ0v) is 11.5. The molecule has 2 aliphatic rings. The summed E-state index contributed by atoms with van der Waals surface area (Å²) in [5, 5.41) is 0. The van der Waals surface area contributed by atoms with Crippen molar-refractivity contribution in [3.8, 4) is 0 Å². The third-order valence-electron chi connectivity index (χ3n) is 3.25. The van der Waals surface area contributed by atoms with Crippen LogP contribution in [0.2, 0.25) is 0 Å². The summed E-state index contributed by atoms with van der Waals surface area (Å²) >= 11 is 0. The maximum absolute atomic E-state index is 12.0. The molecular formula is C10H21ClN2O3S. The van der Waals surface area contributed by atoms with Crippen LogP contribution in [0.25, 0.3) is 0 Å². The number of hydrogen-bond donors (Lipinski definition) is 1. The van der Waals surface area contributed by atoms with Crippen LogP contribution in [0.4, 0.5) is 0 Å². The zero-order chi connectivity index (χ0) is 11.6. The molecule has 0 radical (unpaired) electrons. The van der Waals surface area contributed by atoms with Gasteiger partial charge in [-0.2, -0.15) is 0 Å². The first kappa shape index (κ1) is 15.2. The van der Waals surface area contributed by atoms with Crippen LogP contribution in [-0.2, 0) is 14.8 Å². The van der Waals surface area contributed by atoms with Crippen LogP contribution in [0, 0.1) is 0 Å². The maximum Gasteiger partial charge on any atom is 0.216 e. The van der Waals surface area contributed by atoms with Gasteiger partial charge in [0.05, 0.1) is 11.9 Å². The largest absolute Gasteiger partial charge is 0.377 e. The Hall–Kier alpha value is 0.120. The molecule has 2 N–H and O–H groups in total. The number of rotatable bonds is 3. The minimum atomic E-state index is -3.16. The number of hydrogen-bond acceptors (Lipinski definition) is 4. The van der Waals surface area contributed by atoms with E-state index in [1.54, 1.807) is 0 Å². The van der Waals surface area contributed by atoms with Crippen molar-refractivity contribution in [1.29, 1.82) is 0 Å². The first-order valence-corrected chi connectivity index (χ1v) is 7.54. The lowest BCUT2D eigenvalue weighted by molar-refractivity contribution is 0.0299. The van der Waals surface area contributed by atoms with Gasteiger partial charge in [-0.15, -0.1) is 12.4 Å². The average molecular weight is 285 g/mol. The van der Waals surface area contributed by atoms with Crippen LogP contribution in [-0.4, -0.2) is 50.3 Å². The molecule has 2 aliphatic heterocycles. The van der Waals surface area contributed by atoms with Crippen LogP contribution in [0.5, 0.6) is 0 Å². The van der Waals surface area contributed by atoms with Crippen molar-refractivity contribution in [2.75, 3.05) is 25.4 Å². The van der Waals surface area contributed by atoms with Crippen molar-refractivity contribution in [3.63, 3.8) is 0 Å². The second kappa shape index (κ2) is 6.33. The van der Waals surface area contributed by atoms with Gasteiger partial charge in [0.1, 0.15) is 0 Å². The Morgan fingerprint density at radius 2 is 2.06 bits per heavy atom. The molecular weight excluding hydrogens is 264 g/mol. The van der Waals surface area contributed by atoms with E-state index >= 15 is 0 Å². The summed E-state index contributed by atoms with van der Waals surface area (Å²) in [6.07, 6.45) is 3.63. The monoisotopic (exact) mass is 284 g/mol. The van der Waals surface area contributed by atoms with Gasteiger partial charge in [0, 0.05) is 25.7 Å². The highest BCUT2D eigenvalue weighted by molar-refractivity contribution is 7.89. The van der Waals surface area contributed by atoms with E-state index in [1.807, 2.05) is 0 Å². The van der Waals surface area contributed by atoms with Gasteiger partial charge in [-0.3, -0.25) is 0 Å². The standard InChI is InChI=1S/C10H20N2O3S.ClH/c11-9-4-5-12(7-9)16(13,14)8-10-3-1-2-6-15-10;/h9-10H,1-8,11H2;1H. The highest BCUT2D eigenvalue weighted by Gasteiger charge is 2.32. The second-order valence-electron chi connectivity index (χ2n) is 4.67. The number of ether oxygens (including phenoxy) is 1. The summed E-state index contributed by atoms with van der Waals surface area (Å²) in [4.78, 5) is 0. The number of sulfonamides is 1. The lowest BCUT2D eigenvalue weighted by Gasteiger charge is -2.25. The molecule has 5 nitrogen and oxygen atoms in total. The van der Waals surface area contributed by atoms with Gasteiger partial charge < -0.3 is 10.5 Å². The van der Waals surface area contributed by atoms with E-state index in [1.165, 1.54) is 4.31 Å². The quantitative estimate of drug-likeness (QED) is 0.811. The summed E-state index contributed by atoms with van der Waals surface area (Å²) in [5.74, 6) is 0.125. The molecule has 2 unspecified atom stereocenters. The predicted octanol–water partition coefficient (Wildman–Crippen LogP) is 0.340. The van der Waals surface area contributed by atoms with Gasteiger partial charge in [-0.1, -0.05) is 0 Å². The first-order chi connectivity index (χ1) is 7.58. The Balaban J connectivity index is 0.00000144. The maximum atomic E-state index is 12.0. The molecule has 2 fully saturated rings. The Morgan fingerprint density at radius 1 is 1.29 bits per heavy atom. The molecule has 2 saturated heterocycles. The summed E-state index contributed by atoms with van der Waals surface area (Å²) < 4.78 is 31.0. The number of nitrogens with zero attached hydrogens (tertiary/aromatic N) is 1. The van der Waals surface area contributed by atoms with Crippen molar-refractivity contribution < 1.29 is 13.2 Å². The van der Waals surface area contributed by atoms with Crippen LogP contribution in [0.15, 0.2) is 0 Å². The van der Waals surface area contributed by atoms with Crippen molar-refractivity contribution >= 4 is 22.4 Å². The molecule has 2 atom stereocenters. The van der Waals surface area contributed by atoms with E-state index in [0.29, 0.717) is 19.7 Å². The average Bonchev–Trinajstić information content (AvgIpc) is 2.66. The SMILES string of the molecule is Cl.NC1CCN(S(=O)(=O)CC2CCCCO2)C1. The summed E-state index contributed by atoms with van der Waals surface area (Å²) in [7, 11) is -3.16. The molecule has 0 aromatic rings. The van der Waals surface area contributed by atoms with Crippen molar-refractivity contribution in [1.82, 2.24) is 4.31 Å². The van der Waals surface area contributed by atoms with E-state index in [9.17, 15) is 8.42 Å². The van der Waals surface area contributed by atoms with Crippen LogP contribution >= 0.6 is 12.4 Å². The zero-order valence-electron chi connectivity index (χ0n) is 9.88. The Labute approximate surface area is 109 Å². The van der Waals surface area contributed by atoms with Crippen LogP contribution < -0.4 is 5.73 Å². The smallest absolute Gasteiger partial charge is 0.216 e. The highest BCUT2D eigenvalue weighted by Crippen LogP contribution is 2.18. The molecule has 102 valence electrons. The van der Waals surface area contributed by atoms with Gasteiger partial charge in [0.2, 0.25) is 10.0 Å². The van der Waals surface area contributed by atoms with Gasteiger partial charge in [0.25, 0.3) is 0 Å². The minimum absolute atomic E-state index is 0. The number of halogens is 1. The molecule has 17 heavy (non-hydrogen) atoms. The third kappa shape index (κ3) is 4.06. The molecule has 7 heteroatoms. The fourth-order valence-electron chi connectivity index (χ4n) is 2.29. The molecule has 0 spiro atoms. The minimum Gasteiger partial charge on any atom is -0.377 e. The van der Waals surface area contributed by atoms with Gasteiger partial charge in [0.15, 0.2) is 0 Å². The fraction of sp³-hybridized carbons (Fsp3) is 1.00. The molecule has 2 heterocycles. The van der Waals surface area contributed by atoms with Crippen molar-refractivity contribution in [3.05, 3.63) is 0 Å². The Bertz CT molecular complexity index is 330. The van der Waals surface area contributed by atoms with E-state index in [4.69, 9.17) is 10.5 Å². The van der Waals surface area contributed by atoms with Crippen molar-refractivity contribution in [2.45, 2.75) is 37.8 Å². The molecule has 0 aromatic heterocycles. The van der Waals surface area contributed by atoms with E-state index in [0.717, 1.165) is 25.7 Å². The molecule has 0 aromatic carbocycles. The molecule has 2 rings (SSSR count). The van der Waals surface area contributed by atoms with Gasteiger partial charge >= 0.3 is 0 Å². The highest BCUT2D eigenvalue weighted by atomic mass is 35.5. The lowest BCUT2D eigenvalue weighted by atomic mass is 10.1. The van der Waals surface area contributed by atoms with Crippen LogP contribution in [0.1, 0.15) is 25.7 Å². The normalized spacial score (nSPS) is 31.1. The fourth-order valence-corrected chi connectivity index (χ4v) is 4.03. The van der Waals surface area contributed by atoms with Gasteiger partial charge in [-0.25, -0.2) is 12.7 Å². The third-order valence-corrected chi connectivity index (χ3v) is 5.16. The predicted molar refractivity (Wildman–Crippen MR) is 68.8 cm³/mol. The summed E-state index contributed by atoms with van der Waals surface area (Å²) in [6, 6.07) is 0.00190. The summed E-state index contributed by atoms with van der Waals surface area (Å²) in [6.45, 7) is 1.73. The molecule has 0 amide bonds. The van der Waals surface area contributed by atoms with Crippen LogP contribution in [0.3, 0.4) is 0 Å². The molecule has 0 aliphatic carbocycles. The first-order valence-electron chi connectivity index (χ1n) is 5.93. The van der Waals surface area contributed by atoms with E-state index < -0.39 is 10.0 Å². The second-order valence-corrected chi connectivity index (χ2v) is 6.69. The number of nitrogens with two attached hydrogens (primary N) is 1.